The van der Waals surface area contributed by atoms with Crippen molar-refractivity contribution in [1.29, 1.82) is 0 Å². The molecule has 7 nitrogen and oxygen atoms in total. The van der Waals surface area contributed by atoms with E-state index in [1.807, 2.05) is 6.92 Å². The Hall–Kier alpha value is -0.930. The fourth-order valence-electron chi connectivity index (χ4n) is 2.10. The normalized spacial score (nSPS) is 12.8. The van der Waals surface area contributed by atoms with Crippen molar-refractivity contribution in [3.05, 3.63) is 11.4 Å². The number of hydrogen-bond donors (Lipinski definition) is 1. The summed E-state index contributed by atoms with van der Waals surface area (Å²) in [5, 5.41) is 9.49. The van der Waals surface area contributed by atoms with Gasteiger partial charge in [0.05, 0.1) is 17.1 Å². The van der Waals surface area contributed by atoms with Gasteiger partial charge in [0.25, 0.3) is 0 Å². The number of primary sulfonamides is 1. The monoisotopic (exact) mass is 323 g/mol. The highest BCUT2D eigenvalue weighted by atomic mass is 32.2. The number of aryl methyl sites for hydroxylation is 2. The van der Waals surface area contributed by atoms with E-state index in [0.29, 0.717) is 37.2 Å². The van der Waals surface area contributed by atoms with Crippen LogP contribution >= 0.6 is 0 Å². The van der Waals surface area contributed by atoms with Crippen molar-refractivity contribution >= 4 is 19.9 Å². The summed E-state index contributed by atoms with van der Waals surface area (Å²) >= 11 is 0. The first-order valence-electron chi connectivity index (χ1n) is 6.39. The number of nitrogens with zero attached hydrogens (tertiary/aromatic N) is 2. The lowest BCUT2D eigenvalue weighted by atomic mass is 10.2. The van der Waals surface area contributed by atoms with Crippen LogP contribution in [0.4, 0.5) is 0 Å². The van der Waals surface area contributed by atoms with Gasteiger partial charge >= 0.3 is 0 Å². The lowest BCUT2D eigenvalue weighted by Gasteiger charge is -2.06. The van der Waals surface area contributed by atoms with E-state index in [1.54, 1.807) is 11.6 Å². The molecule has 0 amide bonds. The number of nitrogens with two attached hydrogens (primary N) is 1. The maximum atomic E-state index is 11.7. The molecule has 0 aliphatic heterocycles. The second-order valence-corrected chi connectivity index (χ2v) is 8.44. The number of rotatable bonds is 7. The number of sulfone groups is 1. The van der Waals surface area contributed by atoms with Gasteiger partial charge in [-0.25, -0.2) is 22.0 Å². The molecule has 0 saturated heterocycles. The summed E-state index contributed by atoms with van der Waals surface area (Å²) in [6, 6.07) is 0. The zero-order chi connectivity index (χ0) is 15.6. The molecule has 116 valence electrons. The average Bonchev–Trinajstić information content (AvgIpc) is 2.65. The summed E-state index contributed by atoms with van der Waals surface area (Å²) < 4.78 is 47.1. The minimum absolute atomic E-state index is 0.0438. The fourth-order valence-corrected chi connectivity index (χ4v) is 3.84. The van der Waals surface area contributed by atoms with Crippen LogP contribution in [0.25, 0.3) is 0 Å². The van der Waals surface area contributed by atoms with Gasteiger partial charge in [-0.3, -0.25) is 4.68 Å². The third kappa shape index (κ3) is 4.29. The lowest BCUT2D eigenvalue weighted by Crippen LogP contribution is -2.16. The Bertz CT molecular complexity index is 675. The third-order valence-corrected chi connectivity index (χ3v) is 4.99. The van der Waals surface area contributed by atoms with E-state index in [2.05, 4.69) is 5.10 Å². The molecule has 0 atom stereocenters. The minimum Gasteiger partial charge on any atom is -0.268 e. The van der Waals surface area contributed by atoms with Crippen molar-refractivity contribution in [3.63, 3.8) is 0 Å². The first-order valence-corrected chi connectivity index (χ1v) is 10.00. The minimum atomic E-state index is -3.82. The summed E-state index contributed by atoms with van der Waals surface area (Å²) in [6.45, 7) is 3.98. The molecule has 0 spiro atoms. The molecular weight excluding hydrogens is 302 g/mol. The van der Waals surface area contributed by atoms with Gasteiger partial charge in [0.2, 0.25) is 10.0 Å². The van der Waals surface area contributed by atoms with Crippen molar-refractivity contribution in [2.45, 2.75) is 44.6 Å². The molecule has 1 aromatic heterocycles. The van der Waals surface area contributed by atoms with E-state index in [4.69, 9.17) is 5.14 Å². The smallest absolute Gasteiger partial charge is 0.241 e. The third-order valence-electron chi connectivity index (χ3n) is 2.92. The maximum Gasteiger partial charge on any atom is 0.241 e. The van der Waals surface area contributed by atoms with Gasteiger partial charge in [0, 0.05) is 12.8 Å². The second-order valence-electron chi connectivity index (χ2n) is 4.68. The van der Waals surface area contributed by atoms with Gasteiger partial charge in [-0.15, -0.1) is 0 Å². The number of aromatic nitrogens is 2. The van der Waals surface area contributed by atoms with E-state index in [9.17, 15) is 16.8 Å². The van der Waals surface area contributed by atoms with E-state index < -0.39 is 19.9 Å². The average molecular weight is 323 g/mol. The first-order chi connectivity index (χ1) is 9.10. The Kier molecular flexibility index (Phi) is 5.33. The molecule has 2 N–H and O–H groups in total. The zero-order valence-corrected chi connectivity index (χ0v) is 13.6. The molecule has 1 heterocycles. The molecule has 0 aliphatic carbocycles. The molecule has 1 aromatic rings. The predicted molar refractivity (Wildman–Crippen MR) is 76.7 cm³/mol. The van der Waals surface area contributed by atoms with Gasteiger partial charge < -0.3 is 0 Å². The maximum absolute atomic E-state index is 11.7. The highest BCUT2D eigenvalue weighted by molar-refractivity contribution is 7.90. The van der Waals surface area contributed by atoms with E-state index in [0.717, 1.165) is 0 Å². The van der Waals surface area contributed by atoms with Crippen LogP contribution < -0.4 is 5.14 Å². The fraction of sp³-hybridized carbons (Fsp3) is 0.727. The summed E-state index contributed by atoms with van der Waals surface area (Å²) in [6.07, 6.45) is 2.49. The summed E-state index contributed by atoms with van der Waals surface area (Å²) in [7, 11) is -6.86. The lowest BCUT2D eigenvalue weighted by molar-refractivity contribution is 0.556. The van der Waals surface area contributed by atoms with E-state index in [1.165, 1.54) is 6.26 Å². The van der Waals surface area contributed by atoms with E-state index >= 15 is 0 Å². The molecule has 0 aliphatic rings. The van der Waals surface area contributed by atoms with Crippen LogP contribution in [0.2, 0.25) is 0 Å². The Morgan fingerprint density at radius 1 is 1.15 bits per heavy atom. The van der Waals surface area contributed by atoms with Crippen LogP contribution in [0.3, 0.4) is 0 Å². The summed E-state index contributed by atoms with van der Waals surface area (Å²) in [5.74, 6) is 0.0438. The van der Waals surface area contributed by atoms with Gasteiger partial charge in [-0.1, -0.05) is 13.8 Å². The Balaban J connectivity index is 3.13. The molecular formula is C11H21N3O4S2. The van der Waals surface area contributed by atoms with Crippen LogP contribution in [-0.4, -0.2) is 38.6 Å². The summed E-state index contributed by atoms with van der Waals surface area (Å²) in [4.78, 5) is 0.0851. The van der Waals surface area contributed by atoms with Gasteiger partial charge in [0.15, 0.2) is 0 Å². The van der Waals surface area contributed by atoms with Gasteiger partial charge in [0.1, 0.15) is 14.7 Å². The molecule has 0 aromatic carbocycles. The van der Waals surface area contributed by atoms with Crippen LogP contribution in [-0.2, 0) is 39.2 Å². The highest BCUT2D eigenvalue weighted by Crippen LogP contribution is 2.21. The van der Waals surface area contributed by atoms with Crippen molar-refractivity contribution in [2.24, 2.45) is 5.14 Å². The van der Waals surface area contributed by atoms with Crippen LogP contribution in [0.5, 0.6) is 0 Å². The van der Waals surface area contributed by atoms with Gasteiger partial charge in [-0.2, -0.15) is 5.10 Å². The van der Waals surface area contributed by atoms with Crippen molar-refractivity contribution in [2.75, 3.05) is 12.0 Å². The van der Waals surface area contributed by atoms with Crippen LogP contribution in [0.1, 0.15) is 31.7 Å². The first kappa shape index (κ1) is 17.1. The van der Waals surface area contributed by atoms with Crippen molar-refractivity contribution < 1.29 is 16.8 Å². The number of hydrogen-bond acceptors (Lipinski definition) is 5. The molecule has 0 radical (unpaired) electrons. The summed E-state index contributed by atoms with van der Waals surface area (Å²) in [5.41, 5.74) is 0.974. The quantitative estimate of drug-likeness (QED) is 0.764. The molecule has 20 heavy (non-hydrogen) atoms. The highest BCUT2D eigenvalue weighted by Gasteiger charge is 2.24. The van der Waals surface area contributed by atoms with Crippen LogP contribution in [0, 0.1) is 0 Å². The molecule has 0 bridgehead atoms. The predicted octanol–water partition coefficient (Wildman–Crippen LogP) is 0.0900. The topological polar surface area (TPSA) is 112 Å². The van der Waals surface area contributed by atoms with Crippen molar-refractivity contribution in [3.8, 4) is 0 Å². The van der Waals surface area contributed by atoms with Crippen LogP contribution in [0.15, 0.2) is 4.90 Å². The zero-order valence-electron chi connectivity index (χ0n) is 12.0. The standard InChI is InChI=1S/C11H21N3O4S2/c1-4-9-11(20(12,17)18)10(5-2)14(13-9)7-6-8-19(3,15)16/h4-8H2,1-3H3,(H2,12,17,18). The second kappa shape index (κ2) is 6.23. The number of sulfonamides is 1. The molecule has 0 unspecified atom stereocenters. The Labute approximate surface area is 120 Å². The SMILES string of the molecule is CCc1nn(CCCS(C)(=O)=O)c(CC)c1S(N)(=O)=O. The Morgan fingerprint density at radius 2 is 1.75 bits per heavy atom. The van der Waals surface area contributed by atoms with Crippen molar-refractivity contribution in [1.82, 2.24) is 9.78 Å². The molecule has 9 heteroatoms. The van der Waals surface area contributed by atoms with E-state index in [-0.39, 0.29) is 10.6 Å². The molecule has 0 fully saturated rings. The molecule has 0 saturated carbocycles. The molecule has 1 rings (SSSR count). The van der Waals surface area contributed by atoms with Gasteiger partial charge in [-0.05, 0) is 19.3 Å². The Morgan fingerprint density at radius 3 is 2.15 bits per heavy atom. The largest absolute Gasteiger partial charge is 0.268 e.